The van der Waals surface area contributed by atoms with Crippen LogP contribution in [0.4, 0.5) is 0 Å². The van der Waals surface area contributed by atoms with Gasteiger partial charge in [0, 0.05) is 42.1 Å². The van der Waals surface area contributed by atoms with E-state index in [1.54, 1.807) is 50.1 Å². The summed E-state index contributed by atoms with van der Waals surface area (Å²) < 4.78 is 39.3. The Balaban J connectivity index is 1.65. The second-order valence-corrected chi connectivity index (χ2v) is 11.9. The molecule has 1 saturated heterocycles. The first kappa shape index (κ1) is 23.7. The fourth-order valence-corrected chi connectivity index (χ4v) is 7.09. The minimum absolute atomic E-state index is 0.00440. The molecule has 192 valence electrons. The van der Waals surface area contributed by atoms with Gasteiger partial charge in [-0.1, -0.05) is 11.2 Å². The largest absolute Gasteiger partial charge is 0.378 e. The van der Waals surface area contributed by atoms with Crippen molar-refractivity contribution in [1.82, 2.24) is 14.0 Å². The lowest BCUT2D eigenvalue weighted by Gasteiger charge is -2.38. The highest BCUT2D eigenvalue weighted by molar-refractivity contribution is 7.91. The van der Waals surface area contributed by atoms with Crippen LogP contribution in [0.3, 0.4) is 0 Å². The molecule has 2 fully saturated rings. The van der Waals surface area contributed by atoms with E-state index < -0.39 is 21.2 Å². The number of nitrogens with two attached hydrogens (primary N) is 1. The van der Waals surface area contributed by atoms with E-state index in [0.717, 1.165) is 0 Å². The summed E-state index contributed by atoms with van der Waals surface area (Å²) in [6.07, 6.45) is 1.07. The van der Waals surface area contributed by atoms with Crippen molar-refractivity contribution in [2.24, 2.45) is 5.73 Å². The van der Waals surface area contributed by atoms with E-state index in [4.69, 9.17) is 15.0 Å². The lowest BCUT2D eigenvalue weighted by molar-refractivity contribution is -0.0191. The molecule has 2 aliphatic rings. The van der Waals surface area contributed by atoms with Crippen molar-refractivity contribution in [2.45, 2.75) is 38.0 Å². The first-order valence-corrected chi connectivity index (χ1v) is 13.5. The molecule has 0 unspecified atom stereocenters. The highest BCUT2D eigenvalue weighted by atomic mass is 32.2. The maximum Gasteiger partial charge on any atom is 0.254 e. The van der Waals surface area contributed by atoms with Gasteiger partial charge in [-0.05, 0) is 56.5 Å². The number of carbonyl (C=O) groups excluding carboxylic acids is 2. The average Bonchev–Trinajstić information content (AvgIpc) is 3.57. The minimum Gasteiger partial charge on any atom is -0.378 e. The number of primary amides is 1. The summed E-state index contributed by atoms with van der Waals surface area (Å²) in [5.41, 5.74) is 8.82. The third-order valence-corrected chi connectivity index (χ3v) is 9.52. The normalized spacial score (nSPS) is 16.5. The molecule has 0 spiro atoms. The second-order valence-electron chi connectivity index (χ2n) is 9.79. The van der Waals surface area contributed by atoms with Gasteiger partial charge in [0.1, 0.15) is 5.76 Å². The third kappa shape index (κ3) is 3.56. The zero-order valence-electron chi connectivity index (χ0n) is 20.6. The number of aromatic nitrogens is 2. The number of benzene rings is 2. The maximum atomic E-state index is 13.7. The van der Waals surface area contributed by atoms with E-state index >= 15 is 0 Å². The van der Waals surface area contributed by atoms with Crippen LogP contribution < -0.4 is 5.73 Å². The van der Waals surface area contributed by atoms with Gasteiger partial charge in [0.05, 0.1) is 33.6 Å². The van der Waals surface area contributed by atoms with Gasteiger partial charge >= 0.3 is 0 Å². The molecule has 1 aliphatic carbocycles. The molecule has 1 saturated carbocycles. The Labute approximate surface area is 213 Å². The van der Waals surface area contributed by atoms with E-state index in [1.165, 1.54) is 3.97 Å². The Kier molecular flexibility index (Phi) is 5.22. The average molecular weight is 523 g/mol. The van der Waals surface area contributed by atoms with Gasteiger partial charge in [-0.25, -0.2) is 12.4 Å². The standard InChI is InChI=1S/C26H26N4O6S/c1-13-23(14(2)36-28-13)16-8-20-19-7-4-15(26(32)29-11-17(12-29)35-3)10-22(19)30(37(33,34)18-5-6-18)24(20)21(9-16)25(27)31/h4,7-10,17-18H,5-6,11-12H2,1-3H3,(H2,27,31). The lowest BCUT2D eigenvalue weighted by Crippen LogP contribution is -2.54. The van der Waals surface area contributed by atoms with Crippen molar-refractivity contribution >= 4 is 43.6 Å². The molecule has 1 aliphatic heterocycles. The van der Waals surface area contributed by atoms with Gasteiger partial charge in [0.25, 0.3) is 11.8 Å². The van der Waals surface area contributed by atoms with Crippen molar-refractivity contribution in [1.29, 1.82) is 0 Å². The van der Waals surface area contributed by atoms with Crippen LogP contribution in [0.1, 0.15) is 45.0 Å². The van der Waals surface area contributed by atoms with Crippen LogP contribution >= 0.6 is 0 Å². The molecule has 10 nitrogen and oxygen atoms in total. The van der Waals surface area contributed by atoms with Crippen molar-refractivity contribution in [3.63, 3.8) is 0 Å². The molecule has 11 heteroatoms. The first-order valence-electron chi connectivity index (χ1n) is 12.0. The molecule has 2 aromatic carbocycles. The number of methoxy groups -OCH3 is 1. The van der Waals surface area contributed by atoms with Gasteiger partial charge < -0.3 is 19.9 Å². The smallest absolute Gasteiger partial charge is 0.254 e. The summed E-state index contributed by atoms with van der Waals surface area (Å²) in [5.74, 6) is -0.392. The predicted octanol–water partition coefficient (Wildman–Crippen LogP) is 2.98. The first-order chi connectivity index (χ1) is 17.6. The van der Waals surface area contributed by atoms with Crippen molar-refractivity contribution in [2.75, 3.05) is 20.2 Å². The number of fused-ring (bicyclic) bond motifs is 3. The van der Waals surface area contributed by atoms with Crippen molar-refractivity contribution < 1.29 is 27.3 Å². The minimum atomic E-state index is -3.85. The lowest BCUT2D eigenvalue weighted by atomic mass is 9.97. The summed E-state index contributed by atoms with van der Waals surface area (Å²) in [5, 5.41) is 4.62. The molecule has 6 rings (SSSR count). The van der Waals surface area contributed by atoms with E-state index in [9.17, 15) is 18.0 Å². The Morgan fingerprint density at radius 3 is 2.43 bits per heavy atom. The van der Waals surface area contributed by atoms with Gasteiger partial charge in [-0.15, -0.1) is 0 Å². The number of amides is 2. The zero-order valence-corrected chi connectivity index (χ0v) is 21.5. The molecular weight excluding hydrogens is 496 g/mol. The van der Waals surface area contributed by atoms with Crippen LogP contribution in [0.25, 0.3) is 32.9 Å². The molecule has 2 aromatic heterocycles. The maximum absolute atomic E-state index is 13.7. The number of ether oxygens (including phenoxy) is 1. The van der Waals surface area contributed by atoms with Gasteiger partial charge in [-0.2, -0.15) is 0 Å². The molecule has 4 aromatic rings. The second kappa shape index (κ2) is 8.15. The van der Waals surface area contributed by atoms with E-state index in [2.05, 4.69) is 5.16 Å². The van der Waals surface area contributed by atoms with Gasteiger partial charge in [0.2, 0.25) is 10.0 Å². The molecular formula is C26H26N4O6S. The number of hydrogen-bond donors (Lipinski definition) is 1. The molecule has 2 amide bonds. The Morgan fingerprint density at radius 1 is 1.11 bits per heavy atom. The van der Waals surface area contributed by atoms with Crippen LogP contribution in [0.5, 0.6) is 0 Å². The van der Waals surface area contributed by atoms with Crippen LogP contribution in [0.15, 0.2) is 34.9 Å². The molecule has 2 N–H and O–H groups in total. The molecule has 0 radical (unpaired) electrons. The number of nitrogens with zero attached hydrogens (tertiary/aromatic N) is 3. The summed E-state index contributed by atoms with van der Waals surface area (Å²) in [4.78, 5) is 27.5. The quantitative estimate of drug-likeness (QED) is 0.411. The molecule has 37 heavy (non-hydrogen) atoms. The van der Waals surface area contributed by atoms with Crippen LogP contribution in [0.2, 0.25) is 0 Å². The molecule has 3 heterocycles. The van der Waals surface area contributed by atoms with E-state index in [1.807, 2.05) is 6.07 Å². The Morgan fingerprint density at radius 2 is 1.84 bits per heavy atom. The van der Waals surface area contributed by atoms with E-state index in [0.29, 0.717) is 70.4 Å². The molecule has 0 bridgehead atoms. The fourth-order valence-electron chi connectivity index (χ4n) is 5.18. The zero-order chi connectivity index (χ0) is 26.2. The van der Waals surface area contributed by atoms with Crippen LogP contribution in [-0.2, 0) is 14.8 Å². The predicted molar refractivity (Wildman–Crippen MR) is 137 cm³/mol. The highest BCUT2D eigenvalue weighted by Gasteiger charge is 2.40. The summed E-state index contributed by atoms with van der Waals surface area (Å²) in [6.45, 7) is 4.52. The highest BCUT2D eigenvalue weighted by Crippen LogP contribution is 2.41. The molecule has 0 atom stereocenters. The number of carbonyl (C=O) groups is 2. The van der Waals surface area contributed by atoms with Crippen molar-refractivity contribution in [3.8, 4) is 11.1 Å². The number of likely N-dealkylation sites (tertiary alicyclic amines) is 1. The monoisotopic (exact) mass is 522 g/mol. The number of rotatable bonds is 6. The van der Waals surface area contributed by atoms with E-state index in [-0.39, 0.29) is 23.1 Å². The SMILES string of the molecule is COC1CN(C(=O)c2ccc3c4cc(-c5c(C)noc5C)cc(C(N)=O)c4n(S(=O)(=O)C4CC4)c3c2)C1. The third-order valence-electron chi connectivity index (χ3n) is 7.32. The van der Waals surface area contributed by atoms with Crippen LogP contribution in [-0.4, -0.2) is 65.8 Å². The summed E-state index contributed by atoms with van der Waals surface area (Å²) in [6, 6.07) is 8.43. The number of hydrogen-bond acceptors (Lipinski definition) is 7. The van der Waals surface area contributed by atoms with Gasteiger partial charge in [0.15, 0.2) is 0 Å². The number of aryl methyl sites for hydroxylation is 2. The van der Waals surface area contributed by atoms with Crippen molar-refractivity contribution in [3.05, 3.63) is 52.9 Å². The van der Waals surface area contributed by atoms with Gasteiger partial charge in [-0.3, -0.25) is 9.59 Å². The Hall–Kier alpha value is -3.70. The summed E-state index contributed by atoms with van der Waals surface area (Å²) >= 11 is 0. The van der Waals surface area contributed by atoms with Crippen LogP contribution in [0, 0.1) is 13.8 Å². The summed E-state index contributed by atoms with van der Waals surface area (Å²) in [7, 11) is -2.24. The fraction of sp³-hybridized carbons (Fsp3) is 0.346. The Bertz CT molecular complexity index is 1710. The topological polar surface area (TPSA) is 138 Å².